The topological polar surface area (TPSA) is 57.9 Å². The first-order chi connectivity index (χ1) is 13.6. The summed E-state index contributed by atoms with van der Waals surface area (Å²) in [7, 11) is 0. The Labute approximate surface area is 158 Å². The predicted molar refractivity (Wildman–Crippen MR) is 103 cm³/mol. The number of aromatic nitrogens is 2. The summed E-state index contributed by atoms with van der Waals surface area (Å²) in [6.07, 6.45) is 1.88. The normalized spacial score (nSPS) is 14.4. The van der Waals surface area contributed by atoms with Crippen LogP contribution in [0.5, 0.6) is 5.75 Å². The van der Waals surface area contributed by atoms with Gasteiger partial charge in [-0.1, -0.05) is 18.2 Å². The Bertz CT molecular complexity index is 1320. The molecule has 4 nitrogen and oxygen atoms in total. The van der Waals surface area contributed by atoms with Gasteiger partial charge in [-0.05, 0) is 53.1 Å². The van der Waals surface area contributed by atoms with Gasteiger partial charge in [0.15, 0.2) is 0 Å². The Morgan fingerprint density at radius 2 is 1.79 bits per heavy atom. The number of imidazole rings is 1. The third kappa shape index (κ3) is 2.70. The number of halogens is 2. The van der Waals surface area contributed by atoms with E-state index in [2.05, 4.69) is 9.97 Å². The van der Waals surface area contributed by atoms with Gasteiger partial charge in [0.05, 0.1) is 11.0 Å². The maximum atomic E-state index is 14.5. The summed E-state index contributed by atoms with van der Waals surface area (Å²) < 4.78 is 33.9. The van der Waals surface area contributed by atoms with Crippen molar-refractivity contribution in [3.63, 3.8) is 0 Å². The van der Waals surface area contributed by atoms with Gasteiger partial charge < -0.3 is 14.7 Å². The summed E-state index contributed by atoms with van der Waals surface area (Å²) in [5.41, 5.74) is 4.40. The van der Waals surface area contributed by atoms with Gasteiger partial charge in [0, 0.05) is 17.2 Å². The number of hydrogen-bond donors (Lipinski definition) is 2. The number of benzene rings is 3. The SMILES string of the molecule is O=c1[nH]c2ccc(C=C3c4ccc(F)cc4OCc4c(F)cccc43)cc2[nH]1. The summed E-state index contributed by atoms with van der Waals surface area (Å²) in [5.74, 6) is -0.434. The second-order valence-corrected chi connectivity index (χ2v) is 6.64. The fourth-order valence-electron chi connectivity index (χ4n) is 3.55. The summed E-state index contributed by atoms with van der Waals surface area (Å²) >= 11 is 0. The van der Waals surface area contributed by atoms with Crippen LogP contribution in [0, 0.1) is 11.6 Å². The van der Waals surface area contributed by atoms with Crippen molar-refractivity contribution in [3.8, 4) is 5.75 Å². The molecule has 0 aliphatic carbocycles. The van der Waals surface area contributed by atoms with E-state index in [1.807, 2.05) is 24.3 Å². The number of fused-ring (bicyclic) bond motifs is 3. The minimum absolute atomic E-state index is 0.0139. The van der Waals surface area contributed by atoms with Crippen LogP contribution in [0.1, 0.15) is 22.3 Å². The molecular weight excluding hydrogens is 362 g/mol. The Kier molecular flexibility index (Phi) is 3.65. The number of hydrogen-bond acceptors (Lipinski definition) is 2. The van der Waals surface area contributed by atoms with Crippen molar-refractivity contribution in [2.45, 2.75) is 6.61 Å². The number of aromatic amines is 2. The molecule has 5 rings (SSSR count). The molecule has 6 heteroatoms. The minimum atomic E-state index is -0.421. The van der Waals surface area contributed by atoms with Crippen LogP contribution < -0.4 is 10.4 Å². The van der Waals surface area contributed by atoms with E-state index in [4.69, 9.17) is 4.74 Å². The van der Waals surface area contributed by atoms with Crippen molar-refractivity contribution in [1.29, 1.82) is 0 Å². The maximum absolute atomic E-state index is 14.5. The van der Waals surface area contributed by atoms with Crippen LogP contribution in [-0.4, -0.2) is 9.97 Å². The van der Waals surface area contributed by atoms with Crippen LogP contribution in [0.25, 0.3) is 22.7 Å². The van der Waals surface area contributed by atoms with Gasteiger partial charge in [-0.3, -0.25) is 0 Å². The van der Waals surface area contributed by atoms with E-state index >= 15 is 0 Å². The van der Waals surface area contributed by atoms with Crippen LogP contribution in [-0.2, 0) is 6.61 Å². The van der Waals surface area contributed by atoms with Crippen molar-refractivity contribution in [2.75, 3.05) is 0 Å². The van der Waals surface area contributed by atoms with E-state index in [0.29, 0.717) is 33.5 Å². The van der Waals surface area contributed by atoms with Gasteiger partial charge in [-0.25, -0.2) is 13.6 Å². The molecule has 138 valence electrons. The molecule has 0 saturated carbocycles. The maximum Gasteiger partial charge on any atom is 0.323 e. The summed E-state index contributed by atoms with van der Waals surface area (Å²) in [4.78, 5) is 16.9. The minimum Gasteiger partial charge on any atom is -0.488 e. The lowest BCUT2D eigenvalue weighted by atomic mass is 9.92. The molecule has 0 bridgehead atoms. The first-order valence-electron chi connectivity index (χ1n) is 8.73. The first-order valence-corrected chi connectivity index (χ1v) is 8.73. The molecular formula is C22H14F2N2O2. The van der Waals surface area contributed by atoms with Gasteiger partial charge in [0.25, 0.3) is 0 Å². The number of nitrogens with one attached hydrogen (secondary N) is 2. The average molecular weight is 376 g/mol. The lowest BCUT2D eigenvalue weighted by Crippen LogP contribution is -1.99. The number of ether oxygens (including phenoxy) is 1. The molecule has 0 saturated heterocycles. The summed E-state index contributed by atoms with van der Waals surface area (Å²) in [6, 6.07) is 14.6. The first kappa shape index (κ1) is 16.5. The molecule has 2 heterocycles. The second kappa shape index (κ2) is 6.20. The monoisotopic (exact) mass is 376 g/mol. The molecule has 1 aromatic heterocycles. The molecule has 0 spiro atoms. The zero-order valence-corrected chi connectivity index (χ0v) is 14.6. The van der Waals surface area contributed by atoms with E-state index in [-0.39, 0.29) is 18.1 Å². The molecule has 4 aromatic rings. The fourth-order valence-corrected chi connectivity index (χ4v) is 3.55. The van der Waals surface area contributed by atoms with E-state index in [9.17, 15) is 13.6 Å². The van der Waals surface area contributed by atoms with Crippen LogP contribution in [0.4, 0.5) is 8.78 Å². The zero-order chi connectivity index (χ0) is 19.3. The summed E-state index contributed by atoms with van der Waals surface area (Å²) in [6.45, 7) is 0.0139. The number of rotatable bonds is 1. The van der Waals surface area contributed by atoms with E-state index in [1.54, 1.807) is 18.2 Å². The fraction of sp³-hybridized carbons (Fsp3) is 0.0455. The largest absolute Gasteiger partial charge is 0.488 e. The van der Waals surface area contributed by atoms with Gasteiger partial charge in [0.1, 0.15) is 24.0 Å². The quantitative estimate of drug-likeness (QED) is 0.509. The second-order valence-electron chi connectivity index (χ2n) is 6.64. The van der Waals surface area contributed by atoms with Gasteiger partial charge in [-0.2, -0.15) is 0 Å². The third-order valence-corrected chi connectivity index (χ3v) is 4.87. The van der Waals surface area contributed by atoms with E-state index in [1.165, 1.54) is 18.2 Å². The highest BCUT2D eigenvalue weighted by Crippen LogP contribution is 2.39. The molecule has 1 aliphatic rings. The number of H-pyrrole nitrogens is 2. The van der Waals surface area contributed by atoms with Crippen LogP contribution >= 0.6 is 0 Å². The molecule has 0 atom stereocenters. The smallest absolute Gasteiger partial charge is 0.323 e. The van der Waals surface area contributed by atoms with Crippen molar-refractivity contribution in [3.05, 3.63) is 99.0 Å². The molecule has 0 radical (unpaired) electrons. The standard InChI is InChI=1S/C22H14F2N2O2/c23-13-5-6-15-16(8-12-4-7-19-20(9-12)26-22(27)25-19)14-2-1-3-18(24)17(14)11-28-21(15)10-13/h1-10H,11H2,(H2,25,26,27). The lowest BCUT2D eigenvalue weighted by molar-refractivity contribution is 0.299. The van der Waals surface area contributed by atoms with Crippen molar-refractivity contribution in [2.24, 2.45) is 0 Å². The molecule has 0 fully saturated rings. The summed E-state index contributed by atoms with van der Waals surface area (Å²) in [5, 5.41) is 0. The van der Waals surface area contributed by atoms with Gasteiger partial charge >= 0.3 is 5.69 Å². The molecule has 1 aliphatic heterocycles. The molecule has 2 N–H and O–H groups in total. The highest BCUT2D eigenvalue weighted by atomic mass is 19.1. The molecule has 0 amide bonds. The van der Waals surface area contributed by atoms with Crippen LogP contribution in [0.15, 0.2) is 59.4 Å². The molecule has 3 aromatic carbocycles. The lowest BCUT2D eigenvalue weighted by Gasteiger charge is -2.11. The third-order valence-electron chi connectivity index (χ3n) is 4.87. The Balaban J connectivity index is 1.77. The highest BCUT2D eigenvalue weighted by molar-refractivity contribution is 5.95. The molecule has 28 heavy (non-hydrogen) atoms. The van der Waals surface area contributed by atoms with Gasteiger partial charge in [-0.15, -0.1) is 0 Å². The van der Waals surface area contributed by atoms with Crippen molar-refractivity contribution in [1.82, 2.24) is 9.97 Å². The Hall–Kier alpha value is -3.67. The Morgan fingerprint density at radius 1 is 0.929 bits per heavy atom. The van der Waals surface area contributed by atoms with Crippen molar-refractivity contribution >= 4 is 22.7 Å². The van der Waals surface area contributed by atoms with Crippen molar-refractivity contribution < 1.29 is 13.5 Å². The molecule has 0 unspecified atom stereocenters. The Morgan fingerprint density at radius 3 is 2.68 bits per heavy atom. The van der Waals surface area contributed by atoms with Crippen LogP contribution in [0.3, 0.4) is 0 Å². The highest BCUT2D eigenvalue weighted by Gasteiger charge is 2.22. The van der Waals surface area contributed by atoms with E-state index in [0.717, 1.165) is 11.1 Å². The average Bonchev–Trinajstić information content (AvgIpc) is 2.97. The predicted octanol–water partition coefficient (Wildman–Crippen LogP) is 4.62. The van der Waals surface area contributed by atoms with E-state index < -0.39 is 5.82 Å². The zero-order valence-electron chi connectivity index (χ0n) is 14.6. The van der Waals surface area contributed by atoms with Crippen LogP contribution in [0.2, 0.25) is 0 Å². The van der Waals surface area contributed by atoms with Gasteiger partial charge in [0.2, 0.25) is 0 Å².